The van der Waals surface area contributed by atoms with Crippen LogP contribution in [-0.4, -0.2) is 0 Å². The fraction of sp³-hybridized carbons (Fsp3) is 0. The van der Waals surface area contributed by atoms with E-state index in [0.29, 0.717) is 0 Å². The number of fused-ring (bicyclic) bond motifs is 14. The van der Waals surface area contributed by atoms with Crippen LogP contribution in [0.25, 0.3) is 132 Å². The summed E-state index contributed by atoms with van der Waals surface area (Å²) in [5, 5.41) is 13.7. The lowest BCUT2D eigenvalue weighted by molar-refractivity contribution is 0.635. The molecule has 13 aromatic rings. The average molecular weight is 727 g/mol. The molecule has 0 spiro atoms. The van der Waals surface area contributed by atoms with Crippen LogP contribution in [0.3, 0.4) is 0 Å². The molecule has 0 radical (unpaired) electrons. The van der Waals surface area contributed by atoms with Gasteiger partial charge in [-0.15, -0.1) is 0 Å². The fourth-order valence-electron chi connectivity index (χ4n) is 9.53. The third kappa shape index (κ3) is 4.31. The Labute approximate surface area is 325 Å². The second-order valence-electron chi connectivity index (χ2n) is 15.1. The molecule has 0 aliphatic carbocycles. The Hall–Kier alpha value is -7.62. The molecule has 0 bridgehead atoms. The van der Waals surface area contributed by atoms with Crippen molar-refractivity contribution in [2.45, 2.75) is 0 Å². The lowest BCUT2D eigenvalue weighted by Crippen LogP contribution is -1.91. The van der Waals surface area contributed by atoms with Crippen molar-refractivity contribution >= 4 is 98.1 Å². The summed E-state index contributed by atoms with van der Waals surface area (Å²) in [6.45, 7) is 0. The van der Waals surface area contributed by atoms with Crippen LogP contribution in [0.4, 0.5) is 0 Å². The van der Waals surface area contributed by atoms with Gasteiger partial charge in [-0.3, -0.25) is 0 Å². The molecule has 57 heavy (non-hydrogen) atoms. The van der Waals surface area contributed by atoms with E-state index < -0.39 is 0 Å². The fourth-order valence-corrected chi connectivity index (χ4v) is 9.53. The van der Waals surface area contributed by atoms with Crippen LogP contribution >= 0.6 is 0 Å². The van der Waals surface area contributed by atoms with Gasteiger partial charge in [0.25, 0.3) is 0 Å². The Bertz CT molecular complexity index is 3740. The van der Waals surface area contributed by atoms with Crippen molar-refractivity contribution in [2.24, 2.45) is 0 Å². The summed E-state index contributed by atoms with van der Waals surface area (Å²) in [4.78, 5) is 0. The van der Waals surface area contributed by atoms with Gasteiger partial charge in [0.1, 0.15) is 22.3 Å². The molecule has 3 aromatic heterocycles. The van der Waals surface area contributed by atoms with Crippen molar-refractivity contribution in [1.82, 2.24) is 0 Å². The van der Waals surface area contributed by atoms with Crippen molar-refractivity contribution < 1.29 is 13.3 Å². The van der Waals surface area contributed by atoms with Crippen LogP contribution in [0.1, 0.15) is 0 Å². The van der Waals surface area contributed by atoms with Crippen molar-refractivity contribution in [2.75, 3.05) is 0 Å². The van der Waals surface area contributed by atoms with Crippen molar-refractivity contribution in [3.8, 4) is 33.4 Å². The monoisotopic (exact) mass is 726 g/mol. The van der Waals surface area contributed by atoms with Gasteiger partial charge in [-0.2, -0.15) is 0 Å². The van der Waals surface area contributed by atoms with Crippen LogP contribution in [0.5, 0.6) is 0 Å². The lowest BCUT2D eigenvalue weighted by Gasteiger charge is -2.18. The zero-order chi connectivity index (χ0) is 37.2. The minimum Gasteiger partial charge on any atom is -0.456 e. The largest absolute Gasteiger partial charge is 0.456 e. The Balaban J connectivity index is 0.997. The molecular formula is C54H30O3. The molecule has 0 aliphatic rings. The van der Waals surface area contributed by atoms with Crippen LogP contribution in [0.15, 0.2) is 195 Å². The van der Waals surface area contributed by atoms with Crippen molar-refractivity contribution in [3.63, 3.8) is 0 Å². The Kier molecular flexibility index (Phi) is 6.16. The van der Waals surface area contributed by atoms with Crippen LogP contribution in [-0.2, 0) is 0 Å². The molecule has 0 amide bonds. The quantitative estimate of drug-likeness (QED) is 0.170. The Morgan fingerprint density at radius 2 is 0.667 bits per heavy atom. The number of rotatable bonds is 3. The molecule has 264 valence electrons. The van der Waals surface area contributed by atoms with Gasteiger partial charge in [-0.25, -0.2) is 0 Å². The van der Waals surface area contributed by atoms with E-state index in [4.69, 9.17) is 13.3 Å². The Morgan fingerprint density at radius 1 is 0.228 bits per heavy atom. The summed E-state index contributed by atoms with van der Waals surface area (Å²) in [6, 6.07) is 65.1. The molecule has 0 unspecified atom stereocenters. The maximum absolute atomic E-state index is 6.74. The minimum atomic E-state index is 0.789. The summed E-state index contributed by atoms with van der Waals surface area (Å²) in [6.07, 6.45) is 0. The minimum absolute atomic E-state index is 0.789. The summed E-state index contributed by atoms with van der Waals surface area (Å²) in [7, 11) is 0. The van der Waals surface area contributed by atoms with Crippen molar-refractivity contribution in [1.29, 1.82) is 0 Å². The number of hydrogen-bond acceptors (Lipinski definition) is 3. The highest BCUT2D eigenvalue weighted by Crippen LogP contribution is 2.47. The number of benzene rings is 10. The number of hydrogen-bond donors (Lipinski definition) is 0. The molecule has 0 saturated heterocycles. The molecule has 0 aliphatic heterocycles. The second-order valence-corrected chi connectivity index (χ2v) is 15.1. The SMILES string of the molecule is c1ccc2c(c1)oc1ccc(-c3c4ccccc4c(-c4ccc(-c5cc6c7ccc8c9ccccc9oc8c7oc6c6ccccc56)cc4)c4ccccc34)cc12. The standard InChI is InChI=1S/C54H30O3/c1-6-18-41-34(11-1)44(30-46-43-27-26-42-35-12-7-10-20-48(35)56-53(42)54(43)57-52(41)46)31-21-23-32(24-22-31)50-37-14-2-4-16-39(37)51(40-17-5-3-15-38(40)50)33-25-28-49-45(29-33)36-13-8-9-19-47(36)55-49/h1-30H. The van der Waals surface area contributed by atoms with Crippen LogP contribution in [0.2, 0.25) is 0 Å². The number of furan rings is 3. The predicted octanol–water partition coefficient (Wildman–Crippen LogP) is 15.8. The molecule has 0 fully saturated rings. The predicted molar refractivity (Wildman–Crippen MR) is 237 cm³/mol. The molecule has 3 heterocycles. The third-order valence-corrected chi connectivity index (χ3v) is 12.1. The first-order chi connectivity index (χ1) is 28.3. The summed E-state index contributed by atoms with van der Waals surface area (Å²) >= 11 is 0. The first kappa shape index (κ1) is 30.7. The van der Waals surface area contributed by atoms with E-state index in [1.54, 1.807) is 0 Å². The molecule has 13 rings (SSSR count). The van der Waals surface area contributed by atoms with Gasteiger partial charge in [-0.1, -0.05) is 140 Å². The van der Waals surface area contributed by atoms with E-state index in [0.717, 1.165) is 82.2 Å². The first-order valence-electron chi connectivity index (χ1n) is 19.4. The van der Waals surface area contributed by atoms with Crippen LogP contribution < -0.4 is 0 Å². The van der Waals surface area contributed by atoms with Gasteiger partial charge < -0.3 is 13.3 Å². The zero-order valence-electron chi connectivity index (χ0n) is 30.5. The van der Waals surface area contributed by atoms with E-state index in [9.17, 15) is 0 Å². The van der Waals surface area contributed by atoms with Gasteiger partial charge >= 0.3 is 0 Å². The summed E-state index contributed by atoms with van der Waals surface area (Å²) in [5.41, 5.74) is 12.3. The Morgan fingerprint density at radius 3 is 1.33 bits per heavy atom. The number of para-hydroxylation sites is 2. The van der Waals surface area contributed by atoms with Gasteiger partial charge in [0, 0.05) is 37.7 Å². The van der Waals surface area contributed by atoms with E-state index in [1.165, 1.54) is 49.4 Å². The van der Waals surface area contributed by atoms with Crippen molar-refractivity contribution in [3.05, 3.63) is 182 Å². The topological polar surface area (TPSA) is 39.4 Å². The summed E-state index contributed by atoms with van der Waals surface area (Å²) in [5.74, 6) is 0. The average Bonchev–Trinajstić information content (AvgIpc) is 3.97. The van der Waals surface area contributed by atoms with E-state index in [-0.39, 0.29) is 0 Å². The molecule has 0 saturated carbocycles. The molecular weight excluding hydrogens is 697 g/mol. The molecule has 3 nitrogen and oxygen atoms in total. The summed E-state index contributed by atoms with van der Waals surface area (Å²) < 4.78 is 19.4. The van der Waals surface area contributed by atoms with Gasteiger partial charge in [0.05, 0.1) is 0 Å². The highest BCUT2D eigenvalue weighted by molar-refractivity contribution is 6.25. The maximum Gasteiger partial charge on any atom is 0.178 e. The van der Waals surface area contributed by atoms with E-state index >= 15 is 0 Å². The molecule has 0 N–H and O–H groups in total. The maximum atomic E-state index is 6.74. The highest BCUT2D eigenvalue weighted by atomic mass is 16.4. The molecule has 3 heteroatoms. The van der Waals surface area contributed by atoms with Crippen LogP contribution in [0, 0.1) is 0 Å². The van der Waals surface area contributed by atoms with E-state index in [2.05, 4.69) is 158 Å². The van der Waals surface area contributed by atoms with Gasteiger partial charge in [0.15, 0.2) is 11.2 Å². The normalized spacial score (nSPS) is 12.2. The third-order valence-electron chi connectivity index (χ3n) is 12.1. The highest BCUT2D eigenvalue weighted by Gasteiger charge is 2.21. The van der Waals surface area contributed by atoms with E-state index in [1.807, 2.05) is 24.3 Å². The lowest BCUT2D eigenvalue weighted by atomic mass is 9.85. The van der Waals surface area contributed by atoms with Gasteiger partial charge in [0.2, 0.25) is 0 Å². The molecule has 0 atom stereocenters. The first-order valence-corrected chi connectivity index (χ1v) is 19.4. The smallest absolute Gasteiger partial charge is 0.178 e. The zero-order valence-corrected chi connectivity index (χ0v) is 30.5. The molecule has 10 aromatic carbocycles. The van der Waals surface area contributed by atoms with Gasteiger partial charge in [-0.05, 0) is 103 Å². The second kappa shape index (κ2) is 11.5.